The van der Waals surface area contributed by atoms with Crippen LogP contribution < -0.4 is 11.1 Å². The van der Waals surface area contributed by atoms with Crippen molar-refractivity contribution in [2.75, 3.05) is 19.7 Å². The summed E-state index contributed by atoms with van der Waals surface area (Å²) in [6, 6.07) is 0. The first-order valence-electron chi connectivity index (χ1n) is 6.35. The molecule has 1 fully saturated rings. The lowest BCUT2D eigenvalue weighted by Crippen LogP contribution is -2.34. The molecule has 0 aromatic rings. The second-order valence-electron chi connectivity index (χ2n) is 4.46. The molecule has 1 aliphatic rings. The number of nitrogens with one attached hydrogen (secondary N) is 1. The van der Waals surface area contributed by atoms with Gasteiger partial charge >= 0.3 is 0 Å². The minimum absolute atomic E-state index is 0.0593. The van der Waals surface area contributed by atoms with Crippen molar-refractivity contribution in [2.45, 2.75) is 45.1 Å². The summed E-state index contributed by atoms with van der Waals surface area (Å²) in [7, 11) is 0. The van der Waals surface area contributed by atoms with Gasteiger partial charge in [0, 0.05) is 13.2 Å². The van der Waals surface area contributed by atoms with Gasteiger partial charge in [-0.3, -0.25) is 4.79 Å². The Morgan fingerprint density at radius 2 is 2.12 bits per heavy atom. The van der Waals surface area contributed by atoms with Crippen LogP contribution in [-0.2, 0) is 9.53 Å². The summed E-state index contributed by atoms with van der Waals surface area (Å²) in [5.41, 5.74) is 5.41. The van der Waals surface area contributed by atoms with Crippen molar-refractivity contribution in [2.24, 2.45) is 11.7 Å². The number of unbranched alkanes of at least 4 members (excludes halogenated alkanes) is 3. The van der Waals surface area contributed by atoms with E-state index in [0.29, 0.717) is 0 Å². The molecule has 0 aromatic heterocycles. The Labute approximate surface area is 97.9 Å². The molecule has 1 amide bonds. The van der Waals surface area contributed by atoms with Gasteiger partial charge in [-0.15, -0.1) is 0 Å². The van der Waals surface area contributed by atoms with Gasteiger partial charge in [-0.25, -0.2) is 0 Å². The van der Waals surface area contributed by atoms with Gasteiger partial charge in [-0.05, 0) is 32.7 Å². The first-order chi connectivity index (χ1) is 7.75. The molecular formula is C12H24N2O2. The van der Waals surface area contributed by atoms with Gasteiger partial charge < -0.3 is 15.8 Å². The molecule has 0 saturated carbocycles. The Bertz CT molecular complexity index is 209. The average molecular weight is 228 g/mol. The number of nitrogens with two attached hydrogens (primary N) is 1. The number of carbonyl (C=O) groups excluding carboxylic acids is 1. The molecule has 2 unspecified atom stereocenters. The van der Waals surface area contributed by atoms with Gasteiger partial charge in [-0.1, -0.05) is 12.8 Å². The molecule has 0 aliphatic carbocycles. The third-order valence-corrected chi connectivity index (χ3v) is 3.14. The maximum Gasteiger partial charge on any atom is 0.225 e. The molecule has 4 nitrogen and oxygen atoms in total. The highest BCUT2D eigenvalue weighted by Crippen LogP contribution is 2.20. The van der Waals surface area contributed by atoms with Crippen LogP contribution in [0.25, 0.3) is 0 Å². The highest BCUT2D eigenvalue weighted by Gasteiger charge is 2.30. The van der Waals surface area contributed by atoms with Crippen molar-refractivity contribution >= 4 is 5.91 Å². The standard InChI is InChI=1S/C12H24N2O2/c1-10-11(6-9-16-10)12(15)14-8-5-3-2-4-7-13/h10-11H,2-9,13H2,1H3,(H,14,15). The average Bonchev–Trinajstić information content (AvgIpc) is 2.69. The van der Waals surface area contributed by atoms with Crippen molar-refractivity contribution in [3.05, 3.63) is 0 Å². The summed E-state index contributed by atoms with van der Waals surface area (Å²) < 4.78 is 5.37. The van der Waals surface area contributed by atoms with E-state index in [1.54, 1.807) is 0 Å². The smallest absolute Gasteiger partial charge is 0.225 e. The van der Waals surface area contributed by atoms with Crippen LogP contribution in [0.4, 0.5) is 0 Å². The number of hydrogen-bond acceptors (Lipinski definition) is 3. The zero-order chi connectivity index (χ0) is 11.8. The Kier molecular flexibility index (Phi) is 6.42. The van der Waals surface area contributed by atoms with Crippen molar-refractivity contribution in [1.29, 1.82) is 0 Å². The molecule has 4 heteroatoms. The molecule has 94 valence electrons. The van der Waals surface area contributed by atoms with Crippen LogP contribution in [0, 0.1) is 5.92 Å². The summed E-state index contributed by atoms with van der Waals surface area (Å²) in [5.74, 6) is 0.216. The predicted molar refractivity (Wildman–Crippen MR) is 64.1 cm³/mol. The molecular weight excluding hydrogens is 204 g/mol. The van der Waals surface area contributed by atoms with Gasteiger partial charge in [0.2, 0.25) is 5.91 Å². The molecule has 1 saturated heterocycles. The topological polar surface area (TPSA) is 64.3 Å². The van der Waals surface area contributed by atoms with Gasteiger partial charge in [0.15, 0.2) is 0 Å². The minimum Gasteiger partial charge on any atom is -0.378 e. The predicted octanol–water partition coefficient (Wildman–Crippen LogP) is 1.05. The fraction of sp³-hybridized carbons (Fsp3) is 0.917. The van der Waals surface area contributed by atoms with Crippen molar-refractivity contribution < 1.29 is 9.53 Å². The lowest BCUT2D eigenvalue weighted by Gasteiger charge is -2.13. The van der Waals surface area contributed by atoms with E-state index in [1.165, 1.54) is 0 Å². The van der Waals surface area contributed by atoms with E-state index >= 15 is 0 Å². The molecule has 3 N–H and O–H groups in total. The Morgan fingerprint density at radius 1 is 1.38 bits per heavy atom. The molecule has 1 heterocycles. The van der Waals surface area contributed by atoms with Gasteiger partial charge in [0.1, 0.15) is 0 Å². The highest BCUT2D eigenvalue weighted by molar-refractivity contribution is 5.79. The largest absolute Gasteiger partial charge is 0.378 e. The van der Waals surface area contributed by atoms with Gasteiger partial charge in [0.05, 0.1) is 12.0 Å². The summed E-state index contributed by atoms with van der Waals surface area (Å²) in [6.07, 6.45) is 5.39. The third-order valence-electron chi connectivity index (χ3n) is 3.14. The molecule has 1 aliphatic heterocycles. The van der Waals surface area contributed by atoms with Crippen LogP contribution in [-0.4, -0.2) is 31.7 Å². The number of carbonyl (C=O) groups is 1. The Hall–Kier alpha value is -0.610. The normalized spacial score (nSPS) is 24.6. The maximum absolute atomic E-state index is 11.7. The van der Waals surface area contributed by atoms with Crippen LogP contribution in [0.1, 0.15) is 39.0 Å². The fourth-order valence-electron chi connectivity index (χ4n) is 2.04. The van der Waals surface area contributed by atoms with Crippen molar-refractivity contribution in [3.8, 4) is 0 Å². The fourth-order valence-corrected chi connectivity index (χ4v) is 2.04. The number of hydrogen-bond donors (Lipinski definition) is 2. The molecule has 16 heavy (non-hydrogen) atoms. The first kappa shape index (κ1) is 13.5. The van der Waals surface area contributed by atoms with E-state index in [1.807, 2.05) is 6.92 Å². The molecule has 0 spiro atoms. The molecule has 2 atom stereocenters. The van der Waals surface area contributed by atoms with Gasteiger partial charge in [0.25, 0.3) is 0 Å². The SMILES string of the molecule is CC1OCCC1C(=O)NCCCCCCN. The zero-order valence-electron chi connectivity index (χ0n) is 10.2. The van der Waals surface area contributed by atoms with Crippen molar-refractivity contribution in [3.63, 3.8) is 0 Å². The monoisotopic (exact) mass is 228 g/mol. The number of rotatable bonds is 7. The molecule has 1 rings (SSSR count). The summed E-state index contributed by atoms with van der Waals surface area (Å²) >= 11 is 0. The number of amides is 1. The van der Waals surface area contributed by atoms with Gasteiger partial charge in [-0.2, -0.15) is 0 Å². The highest BCUT2D eigenvalue weighted by atomic mass is 16.5. The van der Waals surface area contributed by atoms with E-state index in [0.717, 1.165) is 51.8 Å². The Morgan fingerprint density at radius 3 is 2.75 bits per heavy atom. The van der Waals surface area contributed by atoms with Crippen molar-refractivity contribution in [1.82, 2.24) is 5.32 Å². The lowest BCUT2D eigenvalue weighted by atomic mass is 10.0. The second-order valence-corrected chi connectivity index (χ2v) is 4.46. The quantitative estimate of drug-likeness (QED) is 0.640. The van der Waals surface area contributed by atoms with E-state index in [2.05, 4.69) is 5.32 Å². The summed E-state index contributed by atoms with van der Waals surface area (Å²) in [5, 5.41) is 2.98. The third kappa shape index (κ3) is 4.49. The summed E-state index contributed by atoms with van der Waals surface area (Å²) in [4.78, 5) is 11.7. The lowest BCUT2D eigenvalue weighted by molar-refractivity contribution is -0.126. The number of ether oxygens (including phenoxy) is 1. The van der Waals surface area contributed by atoms with E-state index < -0.39 is 0 Å². The first-order valence-corrected chi connectivity index (χ1v) is 6.35. The van der Waals surface area contributed by atoms with E-state index in [-0.39, 0.29) is 17.9 Å². The zero-order valence-corrected chi connectivity index (χ0v) is 10.2. The van der Waals surface area contributed by atoms with Crippen LogP contribution >= 0.6 is 0 Å². The van der Waals surface area contributed by atoms with Crippen LogP contribution in [0.2, 0.25) is 0 Å². The van der Waals surface area contributed by atoms with E-state index in [4.69, 9.17) is 10.5 Å². The minimum atomic E-state index is 0.0593. The van der Waals surface area contributed by atoms with Crippen LogP contribution in [0.3, 0.4) is 0 Å². The van der Waals surface area contributed by atoms with Crippen LogP contribution in [0.15, 0.2) is 0 Å². The second kappa shape index (κ2) is 7.63. The Balaban J connectivity index is 2.02. The van der Waals surface area contributed by atoms with Crippen LogP contribution in [0.5, 0.6) is 0 Å². The maximum atomic E-state index is 11.7. The molecule has 0 bridgehead atoms. The summed E-state index contributed by atoms with van der Waals surface area (Å²) in [6.45, 7) is 4.24. The molecule has 0 radical (unpaired) electrons. The molecule has 0 aromatic carbocycles. The van der Waals surface area contributed by atoms with E-state index in [9.17, 15) is 4.79 Å².